The molecule has 0 spiro atoms. The Hall–Kier alpha value is -3.93. The summed E-state index contributed by atoms with van der Waals surface area (Å²) >= 11 is 0. The zero-order valence-electron chi connectivity index (χ0n) is 30.9. The molecule has 0 heterocycles. The number of benzene rings is 3. The summed E-state index contributed by atoms with van der Waals surface area (Å²) in [4.78, 5) is 2.63. The van der Waals surface area contributed by atoms with Gasteiger partial charge in [0, 0.05) is 41.0 Å². The Kier molecular flexibility index (Phi) is 21.0. The molecule has 3 rings (SSSR count). The molecule has 0 saturated heterocycles. The van der Waals surface area contributed by atoms with Gasteiger partial charge in [-0.1, -0.05) is 153 Å². The second-order valence-corrected chi connectivity index (χ2v) is 13.7. The molecular formula is C47H62N2. The van der Waals surface area contributed by atoms with Crippen LogP contribution in [0.25, 0.3) is 0 Å². The Bertz CT molecular complexity index is 1410. The number of hydrogen-bond acceptors (Lipinski definition) is 2. The molecule has 0 fully saturated rings. The number of anilines is 1. The highest BCUT2D eigenvalue weighted by Crippen LogP contribution is 2.19. The lowest BCUT2D eigenvalue weighted by molar-refractivity contribution is 0.543. The lowest BCUT2D eigenvalue weighted by Gasteiger charge is -2.25. The number of unbranched alkanes of at least 4 members (excludes halogenated alkanes) is 18. The van der Waals surface area contributed by atoms with E-state index in [0.717, 1.165) is 35.3 Å². The van der Waals surface area contributed by atoms with E-state index in [2.05, 4.69) is 72.8 Å². The maximum atomic E-state index is 8.97. The summed E-state index contributed by atoms with van der Waals surface area (Å²) in [7, 11) is 0. The molecular weight excluding hydrogens is 593 g/mol. The van der Waals surface area contributed by atoms with Crippen LogP contribution in [-0.4, -0.2) is 13.1 Å². The van der Waals surface area contributed by atoms with Gasteiger partial charge in [0.15, 0.2) is 0 Å². The number of rotatable bonds is 23. The number of nitrogens with zero attached hydrogens (tertiary/aromatic N) is 2. The van der Waals surface area contributed by atoms with Crippen molar-refractivity contribution in [2.24, 2.45) is 0 Å². The average Bonchev–Trinajstić information content (AvgIpc) is 3.14. The second-order valence-electron chi connectivity index (χ2n) is 13.7. The van der Waals surface area contributed by atoms with Crippen LogP contribution >= 0.6 is 0 Å². The Morgan fingerprint density at radius 2 is 0.633 bits per heavy atom. The van der Waals surface area contributed by atoms with Crippen molar-refractivity contribution in [3.05, 3.63) is 101 Å². The fourth-order valence-electron chi connectivity index (χ4n) is 6.26. The van der Waals surface area contributed by atoms with Crippen LogP contribution in [0.5, 0.6) is 0 Å². The van der Waals surface area contributed by atoms with Crippen LogP contribution in [-0.2, 0) is 0 Å². The van der Waals surface area contributed by atoms with E-state index in [0.29, 0.717) is 5.56 Å². The third-order valence-electron chi connectivity index (χ3n) is 9.40. The normalized spacial score (nSPS) is 10.5. The summed E-state index contributed by atoms with van der Waals surface area (Å²) in [6, 6.07) is 26.5. The molecule has 0 aromatic heterocycles. The zero-order chi connectivity index (χ0) is 34.6. The summed E-state index contributed by atoms with van der Waals surface area (Å²) in [5, 5.41) is 8.97. The van der Waals surface area contributed by atoms with E-state index in [1.807, 2.05) is 36.4 Å². The summed E-state index contributed by atoms with van der Waals surface area (Å²) in [6.07, 6.45) is 27.6. The van der Waals surface area contributed by atoms with Gasteiger partial charge in [-0.25, -0.2) is 0 Å². The molecule has 3 aromatic rings. The first-order chi connectivity index (χ1) is 24.2. The molecule has 0 saturated carbocycles. The predicted octanol–water partition coefficient (Wildman–Crippen LogP) is 13.0. The molecule has 49 heavy (non-hydrogen) atoms. The molecule has 0 atom stereocenters. The van der Waals surface area contributed by atoms with Crippen LogP contribution in [0.15, 0.2) is 72.8 Å². The summed E-state index contributed by atoms with van der Waals surface area (Å²) in [6.45, 7) is 6.89. The van der Waals surface area contributed by atoms with Gasteiger partial charge in [-0.3, -0.25) is 0 Å². The summed E-state index contributed by atoms with van der Waals surface area (Å²) in [5.41, 5.74) is 5.86. The van der Waals surface area contributed by atoms with E-state index < -0.39 is 0 Å². The lowest BCUT2D eigenvalue weighted by Crippen LogP contribution is -2.25. The van der Waals surface area contributed by atoms with E-state index in [1.165, 1.54) is 134 Å². The van der Waals surface area contributed by atoms with Gasteiger partial charge in [-0.2, -0.15) is 5.26 Å². The molecule has 0 unspecified atom stereocenters. The molecule has 2 nitrogen and oxygen atoms in total. The van der Waals surface area contributed by atoms with Gasteiger partial charge in [0.25, 0.3) is 0 Å². The smallest absolute Gasteiger partial charge is 0.0991 e. The number of hydrogen-bond donors (Lipinski definition) is 0. The Morgan fingerprint density at radius 3 is 0.939 bits per heavy atom. The standard InChI is InChI=1S/C47H62N2/c1-3-5-7-9-11-13-15-17-19-21-39-49(40-22-20-18-16-14-12-10-8-6-4-2)47-37-35-45(36-38-47)30-29-43-25-23-42(24-26-43)27-28-44-31-33-46(41-48)34-32-44/h23-26,31-38H,3-22,39-40H2,1-2H3. The van der Waals surface area contributed by atoms with Crippen molar-refractivity contribution in [2.75, 3.05) is 18.0 Å². The van der Waals surface area contributed by atoms with E-state index in [-0.39, 0.29) is 0 Å². The quantitative estimate of drug-likeness (QED) is 0.0751. The Labute approximate surface area is 300 Å². The Balaban J connectivity index is 1.48. The highest BCUT2D eigenvalue weighted by molar-refractivity contribution is 5.53. The van der Waals surface area contributed by atoms with Crippen LogP contribution in [0, 0.1) is 35.0 Å². The van der Waals surface area contributed by atoms with Crippen LogP contribution in [0.2, 0.25) is 0 Å². The Morgan fingerprint density at radius 1 is 0.367 bits per heavy atom. The first-order valence-corrected chi connectivity index (χ1v) is 19.7. The molecule has 0 aliphatic rings. The summed E-state index contributed by atoms with van der Waals surface area (Å²) < 4.78 is 0. The van der Waals surface area contributed by atoms with Crippen LogP contribution < -0.4 is 4.90 Å². The maximum Gasteiger partial charge on any atom is 0.0991 e. The van der Waals surface area contributed by atoms with Crippen molar-refractivity contribution < 1.29 is 0 Å². The minimum atomic E-state index is 0.647. The van der Waals surface area contributed by atoms with Gasteiger partial charge in [0.05, 0.1) is 11.6 Å². The van der Waals surface area contributed by atoms with Crippen LogP contribution in [0.3, 0.4) is 0 Å². The van der Waals surface area contributed by atoms with Crippen molar-refractivity contribution in [3.63, 3.8) is 0 Å². The largest absolute Gasteiger partial charge is 0.372 e. The monoisotopic (exact) mass is 654 g/mol. The minimum absolute atomic E-state index is 0.647. The van der Waals surface area contributed by atoms with Gasteiger partial charge in [-0.05, 0) is 85.6 Å². The molecule has 260 valence electrons. The highest BCUT2D eigenvalue weighted by atomic mass is 15.1. The van der Waals surface area contributed by atoms with Gasteiger partial charge in [0.2, 0.25) is 0 Å². The van der Waals surface area contributed by atoms with E-state index >= 15 is 0 Å². The van der Waals surface area contributed by atoms with Gasteiger partial charge in [-0.15, -0.1) is 0 Å². The summed E-state index contributed by atoms with van der Waals surface area (Å²) in [5.74, 6) is 13.1. The molecule has 0 radical (unpaired) electrons. The van der Waals surface area contributed by atoms with E-state index in [4.69, 9.17) is 5.26 Å². The van der Waals surface area contributed by atoms with Crippen molar-refractivity contribution in [1.82, 2.24) is 0 Å². The maximum absolute atomic E-state index is 8.97. The average molecular weight is 655 g/mol. The molecule has 0 amide bonds. The van der Waals surface area contributed by atoms with E-state index in [9.17, 15) is 0 Å². The predicted molar refractivity (Wildman–Crippen MR) is 212 cm³/mol. The van der Waals surface area contributed by atoms with Gasteiger partial charge in [0.1, 0.15) is 0 Å². The molecule has 0 aliphatic heterocycles. The zero-order valence-corrected chi connectivity index (χ0v) is 30.9. The van der Waals surface area contributed by atoms with Crippen LogP contribution in [0.4, 0.5) is 5.69 Å². The lowest BCUT2D eigenvalue weighted by atomic mass is 10.1. The van der Waals surface area contributed by atoms with Gasteiger partial charge >= 0.3 is 0 Å². The third kappa shape index (κ3) is 17.9. The van der Waals surface area contributed by atoms with Gasteiger partial charge < -0.3 is 4.90 Å². The van der Waals surface area contributed by atoms with Crippen LogP contribution in [0.1, 0.15) is 170 Å². The third-order valence-corrected chi connectivity index (χ3v) is 9.40. The first-order valence-electron chi connectivity index (χ1n) is 19.7. The first kappa shape index (κ1) is 39.5. The second kappa shape index (κ2) is 26.0. The fourth-order valence-corrected chi connectivity index (χ4v) is 6.26. The fraction of sp³-hybridized carbons (Fsp3) is 0.511. The topological polar surface area (TPSA) is 27.0 Å². The molecule has 0 bridgehead atoms. The van der Waals surface area contributed by atoms with Crippen molar-refractivity contribution >= 4 is 5.69 Å². The molecule has 0 aliphatic carbocycles. The number of nitriles is 1. The highest BCUT2D eigenvalue weighted by Gasteiger charge is 2.07. The van der Waals surface area contributed by atoms with E-state index in [1.54, 1.807) is 12.1 Å². The van der Waals surface area contributed by atoms with Crippen molar-refractivity contribution in [3.8, 4) is 29.8 Å². The minimum Gasteiger partial charge on any atom is -0.372 e. The SMILES string of the molecule is CCCCCCCCCCCCN(CCCCCCCCCCCC)c1ccc(C#Cc2ccc(C#Cc3ccc(C#N)cc3)cc2)cc1. The molecule has 3 aromatic carbocycles. The molecule has 0 N–H and O–H groups in total. The van der Waals surface area contributed by atoms with Crippen molar-refractivity contribution in [1.29, 1.82) is 5.26 Å². The van der Waals surface area contributed by atoms with Crippen molar-refractivity contribution in [2.45, 2.75) is 142 Å². The molecule has 2 heteroatoms.